The minimum atomic E-state index is -4.76. The van der Waals surface area contributed by atoms with Crippen molar-refractivity contribution in [1.29, 1.82) is 0 Å². The Morgan fingerprint density at radius 2 is 1.76 bits per heavy atom. The number of hydrogen-bond donors (Lipinski definition) is 4. The van der Waals surface area contributed by atoms with E-state index < -0.39 is 17.9 Å². The summed E-state index contributed by atoms with van der Waals surface area (Å²) in [6.45, 7) is 3.98. The van der Waals surface area contributed by atoms with Crippen LogP contribution in [0.1, 0.15) is 19.9 Å². The molecule has 2 amide bonds. The fraction of sp³-hybridized carbons (Fsp3) is 0.217. The highest BCUT2D eigenvalue weighted by Crippen LogP contribution is 2.24. The first-order valence-electron chi connectivity index (χ1n) is 11.0. The molecule has 0 saturated carbocycles. The third kappa shape index (κ3) is 6.94. The lowest BCUT2D eigenvalue weighted by molar-refractivity contribution is -0.274. The Labute approximate surface area is 215 Å². The summed E-state index contributed by atoms with van der Waals surface area (Å²) in [5.74, 6) is 0.788. The van der Waals surface area contributed by atoms with Gasteiger partial charge in [0.2, 0.25) is 0 Å². The number of benzene rings is 2. The second-order valence-electron chi connectivity index (χ2n) is 8.03. The van der Waals surface area contributed by atoms with Gasteiger partial charge in [-0.3, -0.25) is 0 Å². The molecule has 2 heterocycles. The van der Waals surface area contributed by atoms with Crippen LogP contribution in [-0.2, 0) is 0 Å². The number of carbonyl (C=O) groups is 1. The molecule has 10 nitrogen and oxygen atoms in total. The van der Waals surface area contributed by atoms with Crippen molar-refractivity contribution in [3.05, 3.63) is 67.1 Å². The Hall–Kier alpha value is -4.20. The Morgan fingerprint density at radius 3 is 2.41 bits per heavy atom. The predicted octanol–water partition coefficient (Wildman–Crippen LogP) is 5.06. The van der Waals surface area contributed by atoms with Gasteiger partial charge in [0.05, 0.1) is 11.9 Å². The van der Waals surface area contributed by atoms with Crippen molar-refractivity contribution < 1.29 is 22.7 Å². The van der Waals surface area contributed by atoms with Crippen LogP contribution in [-0.4, -0.2) is 42.4 Å². The molecule has 194 valence electrons. The summed E-state index contributed by atoms with van der Waals surface area (Å²) < 4.78 is 44.1. The second kappa shape index (κ2) is 10.8. The number of aromatic nitrogens is 5. The summed E-state index contributed by atoms with van der Waals surface area (Å²) >= 11 is 4.36. The predicted molar refractivity (Wildman–Crippen MR) is 135 cm³/mol. The van der Waals surface area contributed by atoms with E-state index in [4.69, 9.17) is 0 Å². The van der Waals surface area contributed by atoms with Gasteiger partial charge < -0.3 is 20.7 Å². The van der Waals surface area contributed by atoms with Crippen LogP contribution < -0.4 is 20.7 Å². The van der Waals surface area contributed by atoms with Crippen LogP contribution in [0, 0.1) is 0 Å². The average Bonchev–Trinajstić information content (AvgIpc) is 3.49. The first-order chi connectivity index (χ1) is 17.6. The van der Waals surface area contributed by atoms with Gasteiger partial charge in [-0.2, -0.15) is 5.10 Å². The molecule has 0 spiro atoms. The molecule has 0 radical (unpaired) electrons. The lowest BCUT2D eigenvalue weighted by Crippen LogP contribution is -2.39. The van der Waals surface area contributed by atoms with Crippen molar-refractivity contribution in [3.8, 4) is 22.8 Å². The topological polar surface area (TPSA) is 111 Å². The number of thiol groups is 1. The highest BCUT2D eigenvalue weighted by atomic mass is 32.1. The molecule has 4 aromatic rings. The van der Waals surface area contributed by atoms with E-state index in [9.17, 15) is 18.0 Å². The van der Waals surface area contributed by atoms with Gasteiger partial charge in [0, 0.05) is 23.4 Å². The maximum atomic E-state index is 12.4. The Kier molecular flexibility index (Phi) is 7.57. The van der Waals surface area contributed by atoms with Gasteiger partial charge in [0.15, 0.2) is 5.82 Å². The summed E-state index contributed by atoms with van der Waals surface area (Å²) in [5.41, 5.74) is 1.07. The van der Waals surface area contributed by atoms with Gasteiger partial charge in [-0.1, -0.05) is 0 Å². The zero-order valence-corrected chi connectivity index (χ0v) is 20.5. The fourth-order valence-electron chi connectivity index (χ4n) is 3.33. The number of hydrogen-bond acceptors (Lipinski definition) is 7. The Morgan fingerprint density at radius 1 is 1.05 bits per heavy atom. The Bertz CT molecular complexity index is 1340. The normalized spacial score (nSPS) is 12.3. The van der Waals surface area contributed by atoms with E-state index in [0.717, 1.165) is 5.82 Å². The largest absolute Gasteiger partial charge is 0.573 e. The molecular weight excluding hydrogens is 509 g/mol. The third-order valence-electron chi connectivity index (χ3n) is 4.94. The number of alkyl halides is 3. The molecular formula is C23H23F3N8O2S. The molecule has 14 heteroatoms. The SMILES string of the molecule is CC(C)n1nccc1NC(S)NC(=O)Nc1ccc(-c2ncn(-c3ccc(OC(F)(F)F)cc3)n2)cc1. The summed E-state index contributed by atoms with van der Waals surface area (Å²) in [6.07, 6.45) is -1.65. The quantitative estimate of drug-likeness (QED) is 0.187. The number of ether oxygens (including phenoxy) is 1. The minimum absolute atomic E-state index is 0.143. The van der Waals surface area contributed by atoms with Crippen molar-refractivity contribution in [3.63, 3.8) is 0 Å². The van der Waals surface area contributed by atoms with Crippen molar-refractivity contribution in [1.82, 2.24) is 29.9 Å². The maximum absolute atomic E-state index is 12.4. The monoisotopic (exact) mass is 532 g/mol. The summed E-state index contributed by atoms with van der Waals surface area (Å²) in [6, 6.07) is 13.6. The molecule has 37 heavy (non-hydrogen) atoms. The molecule has 0 bridgehead atoms. The van der Waals surface area contributed by atoms with Crippen molar-refractivity contribution in [2.45, 2.75) is 31.7 Å². The fourth-order valence-corrected chi connectivity index (χ4v) is 3.58. The van der Waals surface area contributed by atoms with Gasteiger partial charge in [-0.25, -0.2) is 19.1 Å². The first kappa shape index (κ1) is 25.9. The van der Waals surface area contributed by atoms with Crippen molar-refractivity contribution in [2.75, 3.05) is 10.6 Å². The van der Waals surface area contributed by atoms with Crippen LogP contribution >= 0.6 is 12.6 Å². The summed E-state index contributed by atoms with van der Waals surface area (Å²) in [7, 11) is 0. The smallest absolute Gasteiger partial charge is 0.406 e. The highest BCUT2D eigenvalue weighted by Gasteiger charge is 2.31. The molecule has 0 aliphatic heterocycles. The number of halogens is 3. The van der Waals surface area contributed by atoms with E-state index in [1.165, 1.54) is 35.3 Å². The molecule has 0 aliphatic carbocycles. The van der Waals surface area contributed by atoms with E-state index in [-0.39, 0.29) is 11.8 Å². The summed E-state index contributed by atoms with van der Waals surface area (Å²) in [5, 5.41) is 17.0. The summed E-state index contributed by atoms with van der Waals surface area (Å²) in [4.78, 5) is 16.6. The third-order valence-corrected chi connectivity index (χ3v) is 5.20. The molecule has 0 aliphatic rings. The molecule has 0 fully saturated rings. The average molecular weight is 533 g/mol. The zero-order valence-electron chi connectivity index (χ0n) is 19.6. The second-order valence-corrected chi connectivity index (χ2v) is 8.55. The van der Waals surface area contributed by atoms with Gasteiger partial charge in [0.1, 0.15) is 23.4 Å². The van der Waals surface area contributed by atoms with Gasteiger partial charge in [0.25, 0.3) is 0 Å². The standard InChI is InChI=1S/C23H23F3N8O2S/c1-14(2)34-19(11-12-28-34)30-22(37)31-21(35)29-16-5-3-15(4-6-16)20-27-13-33(32-20)17-7-9-18(10-8-17)36-23(24,25)26/h3-14,22,30,37H,1-2H3,(H2,29,31,35). The van der Waals surface area contributed by atoms with Crippen LogP contribution in [0.15, 0.2) is 67.1 Å². The molecule has 2 aromatic carbocycles. The van der Waals surface area contributed by atoms with Crippen molar-refractivity contribution >= 4 is 30.2 Å². The molecule has 0 saturated heterocycles. The van der Waals surface area contributed by atoms with E-state index in [1.807, 2.05) is 13.8 Å². The molecule has 1 unspecified atom stereocenters. The van der Waals surface area contributed by atoms with Crippen LogP contribution in [0.5, 0.6) is 5.75 Å². The molecule has 2 aromatic heterocycles. The van der Waals surface area contributed by atoms with Crippen LogP contribution in [0.2, 0.25) is 0 Å². The van der Waals surface area contributed by atoms with Crippen LogP contribution in [0.25, 0.3) is 17.1 Å². The number of rotatable bonds is 8. The Balaban J connectivity index is 1.33. The van der Waals surface area contributed by atoms with E-state index in [0.29, 0.717) is 22.8 Å². The number of nitrogens with one attached hydrogen (secondary N) is 3. The van der Waals surface area contributed by atoms with E-state index >= 15 is 0 Å². The van der Waals surface area contributed by atoms with Gasteiger partial charge >= 0.3 is 12.4 Å². The molecule has 3 N–H and O–H groups in total. The number of anilines is 2. The number of amides is 2. The van der Waals surface area contributed by atoms with Gasteiger partial charge in [-0.05, 0) is 62.4 Å². The van der Waals surface area contributed by atoms with Crippen LogP contribution in [0.3, 0.4) is 0 Å². The van der Waals surface area contributed by atoms with E-state index in [2.05, 4.69) is 48.5 Å². The minimum Gasteiger partial charge on any atom is -0.406 e. The number of carbonyl (C=O) groups excluding carboxylic acids is 1. The maximum Gasteiger partial charge on any atom is 0.573 e. The number of urea groups is 1. The molecule has 1 atom stereocenters. The van der Waals surface area contributed by atoms with Crippen LogP contribution in [0.4, 0.5) is 29.5 Å². The first-order valence-corrected chi connectivity index (χ1v) is 11.5. The lowest BCUT2D eigenvalue weighted by Gasteiger charge is -2.18. The molecule has 4 rings (SSSR count). The number of nitrogens with zero attached hydrogens (tertiary/aromatic N) is 5. The highest BCUT2D eigenvalue weighted by molar-refractivity contribution is 7.81. The van der Waals surface area contributed by atoms with Crippen molar-refractivity contribution in [2.24, 2.45) is 0 Å². The lowest BCUT2D eigenvalue weighted by atomic mass is 10.2. The van der Waals surface area contributed by atoms with E-state index in [1.54, 1.807) is 41.2 Å². The van der Waals surface area contributed by atoms with Gasteiger partial charge in [-0.15, -0.1) is 30.9 Å². The zero-order chi connectivity index (χ0) is 26.6.